The van der Waals surface area contributed by atoms with Crippen LogP contribution in [0.15, 0.2) is 75.9 Å². The van der Waals surface area contributed by atoms with Crippen molar-refractivity contribution >= 4 is 33.3 Å². The summed E-state index contributed by atoms with van der Waals surface area (Å²) in [7, 11) is 0. The van der Waals surface area contributed by atoms with E-state index in [1.54, 1.807) is 24.3 Å². The first-order chi connectivity index (χ1) is 13.1. The number of anilines is 1. The Morgan fingerprint density at radius 3 is 2.48 bits per heavy atom. The minimum absolute atomic E-state index is 0.142. The first-order valence-electron chi connectivity index (χ1n) is 8.55. The maximum absolute atomic E-state index is 12.1. The molecule has 0 fully saturated rings. The summed E-state index contributed by atoms with van der Waals surface area (Å²) in [6.45, 7) is 1.84. The summed E-state index contributed by atoms with van der Waals surface area (Å²) >= 11 is 0. The van der Waals surface area contributed by atoms with E-state index in [1.165, 1.54) is 0 Å². The number of rotatable bonds is 4. The van der Waals surface area contributed by atoms with Crippen molar-refractivity contribution in [2.45, 2.75) is 6.92 Å². The molecule has 1 aromatic heterocycles. The van der Waals surface area contributed by atoms with E-state index in [0.717, 1.165) is 16.3 Å². The van der Waals surface area contributed by atoms with Crippen LogP contribution in [0.3, 0.4) is 0 Å². The van der Waals surface area contributed by atoms with Gasteiger partial charge < -0.3 is 14.5 Å². The lowest BCUT2D eigenvalue weighted by atomic mass is 10.1. The van der Waals surface area contributed by atoms with Gasteiger partial charge >= 0.3 is 5.63 Å². The molecule has 0 atom stereocenters. The van der Waals surface area contributed by atoms with Crippen LogP contribution < -0.4 is 15.7 Å². The molecule has 1 amide bonds. The lowest BCUT2D eigenvalue weighted by molar-refractivity contribution is -0.118. The average Bonchev–Trinajstić information content (AvgIpc) is 2.68. The van der Waals surface area contributed by atoms with Gasteiger partial charge in [-0.2, -0.15) is 0 Å². The summed E-state index contributed by atoms with van der Waals surface area (Å²) in [5, 5.41) is 4.96. The number of fused-ring (bicyclic) bond motifs is 3. The predicted molar refractivity (Wildman–Crippen MR) is 105 cm³/mol. The van der Waals surface area contributed by atoms with E-state index in [4.69, 9.17) is 9.15 Å². The molecule has 0 aliphatic heterocycles. The average molecular weight is 359 g/mol. The molecule has 4 aromatic rings. The number of benzene rings is 3. The highest BCUT2D eigenvalue weighted by Crippen LogP contribution is 2.26. The highest BCUT2D eigenvalue weighted by atomic mass is 16.5. The quantitative estimate of drug-likeness (QED) is 0.436. The fourth-order valence-electron chi connectivity index (χ4n) is 2.93. The van der Waals surface area contributed by atoms with Crippen LogP contribution in [0, 0.1) is 6.92 Å². The second-order valence-corrected chi connectivity index (χ2v) is 6.30. The zero-order valence-electron chi connectivity index (χ0n) is 14.7. The maximum atomic E-state index is 12.1. The van der Waals surface area contributed by atoms with Crippen LogP contribution in [0.5, 0.6) is 5.75 Å². The number of ether oxygens (including phenoxy) is 1. The fraction of sp³-hybridized carbons (Fsp3) is 0.0909. The second kappa shape index (κ2) is 6.96. The second-order valence-electron chi connectivity index (χ2n) is 6.30. The third kappa shape index (κ3) is 3.53. The summed E-state index contributed by atoms with van der Waals surface area (Å²) in [5.41, 5.74) is 1.86. The molecule has 0 aliphatic carbocycles. The Labute approximate surface area is 155 Å². The van der Waals surface area contributed by atoms with E-state index in [-0.39, 0.29) is 12.5 Å². The van der Waals surface area contributed by atoms with Gasteiger partial charge in [0.05, 0.1) is 5.39 Å². The van der Waals surface area contributed by atoms with Gasteiger partial charge in [0.15, 0.2) is 6.61 Å². The summed E-state index contributed by atoms with van der Waals surface area (Å²) in [6, 6.07) is 20.0. The van der Waals surface area contributed by atoms with Crippen LogP contribution >= 0.6 is 0 Å². The molecule has 0 saturated carbocycles. The summed E-state index contributed by atoms with van der Waals surface area (Å²) in [6.07, 6.45) is 0. The third-order valence-corrected chi connectivity index (χ3v) is 4.30. The minimum atomic E-state index is -0.396. The van der Waals surface area contributed by atoms with E-state index >= 15 is 0 Å². The van der Waals surface area contributed by atoms with Crippen LogP contribution in [0.2, 0.25) is 0 Å². The number of aryl methyl sites for hydroxylation is 1. The number of hydrogen-bond donors (Lipinski definition) is 1. The first-order valence-corrected chi connectivity index (χ1v) is 8.55. The van der Waals surface area contributed by atoms with Gasteiger partial charge in [0.1, 0.15) is 11.3 Å². The van der Waals surface area contributed by atoms with Gasteiger partial charge in [-0.15, -0.1) is 0 Å². The van der Waals surface area contributed by atoms with Gasteiger partial charge in [-0.25, -0.2) is 4.79 Å². The van der Waals surface area contributed by atoms with Gasteiger partial charge in [0.25, 0.3) is 5.91 Å². The third-order valence-electron chi connectivity index (χ3n) is 4.30. The molecule has 5 heteroatoms. The Balaban J connectivity index is 1.52. The highest BCUT2D eigenvalue weighted by Gasteiger charge is 2.09. The van der Waals surface area contributed by atoms with Crippen LogP contribution in [0.25, 0.3) is 21.7 Å². The highest BCUT2D eigenvalue weighted by molar-refractivity contribution is 6.04. The van der Waals surface area contributed by atoms with Crippen molar-refractivity contribution in [1.82, 2.24) is 0 Å². The molecule has 4 rings (SSSR count). The van der Waals surface area contributed by atoms with Crippen LogP contribution in [0.1, 0.15) is 5.56 Å². The van der Waals surface area contributed by atoms with E-state index in [1.807, 2.05) is 49.4 Å². The molecule has 5 nitrogen and oxygen atoms in total. The monoisotopic (exact) mass is 359 g/mol. The Bertz CT molecular complexity index is 1190. The smallest absolute Gasteiger partial charge is 0.344 e. The van der Waals surface area contributed by atoms with Crippen LogP contribution in [0.4, 0.5) is 5.69 Å². The molecular formula is C22H17NO4. The predicted octanol–water partition coefficient (Wildman–Crippen LogP) is 4.27. The van der Waals surface area contributed by atoms with Gasteiger partial charge in [-0.3, -0.25) is 4.79 Å². The topological polar surface area (TPSA) is 68.5 Å². The van der Waals surface area contributed by atoms with Crippen LogP contribution in [-0.4, -0.2) is 12.5 Å². The van der Waals surface area contributed by atoms with Crippen molar-refractivity contribution < 1.29 is 13.9 Å². The molecule has 0 unspecified atom stereocenters. The molecule has 0 bridgehead atoms. The van der Waals surface area contributed by atoms with E-state index in [2.05, 4.69) is 5.32 Å². The lowest BCUT2D eigenvalue weighted by Crippen LogP contribution is -2.20. The number of hydrogen-bond acceptors (Lipinski definition) is 4. The molecule has 27 heavy (non-hydrogen) atoms. The molecule has 0 aliphatic rings. The molecule has 0 spiro atoms. The maximum Gasteiger partial charge on any atom is 0.344 e. The molecular weight excluding hydrogens is 342 g/mol. The van der Waals surface area contributed by atoms with Crippen molar-refractivity contribution in [3.63, 3.8) is 0 Å². The van der Waals surface area contributed by atoms with Gasteiger partial charge in [-0.05, 0) is 42.6 Å². The van der Waals surface area contributed by atoms with Gasteiger partial charge in [-0.1, -0.05) is 35.9 Å². The molecule has 134 valence electrons. The van der Waals surface area contributed by atoms with Gasteiger partial charge in [0.2, 0.25) is 0 Å². The summed E-state index contributed by atoms with van der Waals surface area (Å²) in [5.74, 6) is 0.193. The van der Waals surface area contributed by atoms with Crippen molar-refractivity contribution in [3.8, 4) is 5.75 Å². The van der Waals surface area contributed by atoms with E-state index < -0.39 is 5.63 Å². The Hall–Kier alpha value is -3.60. The van der Waals surface area contributed by atoms with Crippen LogP contribution in [-0.2, 0) is 4.79 Å². The van der Waals surface area contributed by atoms with Gasteiger partial charge in [0, 0.05) is 17.1 Å². The Kier molecular flexibility index (Phi) is 4.34. The van der Waals surface area contributed by atoms with Crippen molar-refractivity contribution in [1.29, 1.82) is 0 Å². The largest absolute Gasteiger partial charge is 0.484 e. The minimum Gasteiger partial charge on any atom is -0.484 e. The standard InChI is InChI=1S/C22H17NO4/c1-14-6-8-15(9-7-14)23-21(24)13-26-16-10-11-18-17-4-2-3-5-19(17)22(25)27-20(18)12-16/h2-12H,13H2,1H3,(H,23,24). The zero-order valence-corrected chi connectivity index (χ0v) is 14.7. The molecule has 3 aromatic carbocycles. The fourth-order valence-corrected chi connectivity index (χ4v) is 2.93. The number of carbonyl (C=O) groups excluding carboxylic acids is 1. The molecule has 0 radical (unpaired) electrons. The Morgan fingerprint density at radius 2 is 1.70 bits per heavy atom. The lowest BCUT2D eigenvalue weighted by Gasteiger charge is -2.09. The molecule has 0 saturated heterocycles. The van der Waals surface area contributed by atoms with Crippen molar-refractivity contribution in [2.24, 2.45) is 0 Å². The van der Waals surface area contributed by atoms with Crippen molar-refractivity contribution in [3.05, 3.63) is 82.7 Å². The summed E-state index contributed by atoms with van der Waals surface area (Å²) < 4.78 is 10.9. The molecule has 1 N–H and O–H groups in total. The van der Waals surface area contributed by atoms with E-state index in [0.29, 0.717) is 22.4 Å². The number of amides is 1. The zero-order chi connectivity index (χ0) is 18.8. The molecule has 1 heterocycles. The SMILES string of the molecule is Cc1ccc(NC(=O)COc2ccc3c(c2)oc(=O)c2ccccc23)cc1. The van der Waals surface area contributed by atoms with E-state index in [9.17, 15) is 9.59 Å². The van der Waals surface area contributed by atoms with Crippen molar-refractivity contribution in [2.75, 3.05) is 11.9 Å². The summed E-state index contributed by atoms with van der Waals surface area (Å²) in [4.78, 5) is 24.2. The first kappa shape index (κ1) is 16.8. The number of nitrogens with one attached hydrogen (secondary N) is 1. The number of carbonyl (C=O) groups is 1. The Morgan fingerprint density at radius 1 is 0.963 bits per heavy atom. The normalized spacial score (nSPS) is 10.9.